The lowest BCUT2D eigenvalue weighted by molar-refractivity contribution is 0.929. The molecule has 0 amide bonds. The Hall–Kier alpha value is -1.09. The predicted octanol–water partition coefficient (Wildman–Crippen LogP) is 2.15. The summed E-state index contributed by atoms with van der Waals surface area (Å²) in [6, 6.07) is 6.22. The molecule has 2 heterocycles. The number of nitrogens with zero attached hydrogens (tertiary/aromatic N) is 2. The Morgan fingerprint density at radius 1 is 1.23 bits per heavy atom. The van der Waals surface area contributed by atoms with Gasteiger partial charge in [-0.1, -0.05) is 6.07 Å². The van der Waals surface area contributed by atoms with Crippen molar-refractivity contribution >= 4 is 5.82 Å². The van der Waals surface area contributed by atoms with Gasteiger partial charge in [0.05, 0.1) is 0 Å². The molecule has 1 aliphatic heterocycles. The van der Waals surface area contributed by atoms with Crippen molar-refractivity contribution in [3.05, 3.63) is 23.9 Å². The summed E-state index contributed by atoms with van der Waals surface area (Å²) in [5.41, 5.74) is 1.11. The molecule has 2 rings (SSSR count). The van der Waals surface area contributed by atoms with Crippen LogP contribution < -0.4 is 11.1 Å². The highest BCUT2D eigenvalue weighted by Crippen LogP contribution is 2.17. The Balaban J connectivity index is 0.000000845. The van der Waals surface area contributed by atoms with Gasteiger partial charge in [0.25, 0.3) is 0 Å². The lowest BCUT2D eigenvalue weighted by atomic mass is 10.3. The first kappa shape index (κ1) is 9.99. The Bertz CT molecular complexity index is 267. The highest BCUT2D eigenvalue weighted by molar-refractivity contribution is 5.39. The largest absolute Gasteiger partial charge is 0.357 e. The first-order valence-electron chi connectivity index (χ1n) is 4.55. The van der Waals surface area contributed by atoms with E-state index in [2.05, 4.69) is 22.0 Å². The molecule has 1 aliphatic rings. The molecule has 0 spiro atoms. The molecular weight excluding hydrogens is 162 g/mol. The minimum Gasteiger partial charge on any atom is -0.357 e. The van der Waals surface area contributed by atoms with Crippen molar-refractivity contribution in [1.82, 2.24) is 11.1 Å². The van der Waals surface area contributed by atoms with E-state index >= 15 is 0 Å². The number of anilines is 1. The normalized spacial score (nSPS) is 15.6. The monoisotopic (exact) mass is 179 g/mol. The highest BCUT2D eigenvalue weighted by atomic mass is 15.2. The van der Waals surface area contributed by atoms with Gasteiger partial charge in [-0.15, -0.1) is 0 Å². The van der Waals surface area contributed by atoms with E-state index in [0.29, 0.717) is 0 Å². The van der Waals surface area contributed by atoms with Crippen LogP contribution in [0.15, 0.2) is 18.2 Å². The smallest absolute Gasteiger partial charge is 0.128 e. The fourth-order valence-corrected chi connectivity index (χ4v) is 1.65. The van der Waals surface area contributed by atoms with E-state index in [1.54, 1.807) is 0 Å². The third-order valence-electron chi connectivity index (χ3n) is 2.30. The van der Waals surface area contributed by atoms with Crippen molar-refractivity contribution in [3.63, 3.8) is 0 Å². The van der Waals surface area contributed by atoms with Gasteiger partial charge < -0.3 is 11.1 Å². The molecule has 3 N–H and O–H groups in total. The number of rotatable bonds is 1. The van der Waals surface area contributed by atoms with Gasteiger partial charge in [-0.25, -0.2) is 4.98 Å². The molecule has 3 heteroatoms. The highest BCUT2D eigenvalue weighted by Gasteiger charge is 2.12. The zero-order valence-electron chi connectivity index (χ0n) is 8.16. The standard InChI is InChI=1S/C10H14N2.H3N/c1-9-5-4-6-10(11-9)12-7-2-3-8-12;/h4-6H,2-3,7-8H2,1H3;1H3. The molecule has 13 heavy (non-hydrogen) atoms. The van der Waals surface area contributed by atoms with Crippen LogP contribution in [-0.2, 0) is 0 Å². The van der Waals surface area contributed by atoms with E-state index in [-0.39, 0.29) is 6.15 Å². The van der Waals surface area contributed by atoms with Gasteiger partial charge in [-0.05, 0) is 31.9 Å². The Morgan fingerprint density at radius 3 is 2.54 bits per heavy atom. The molecule has 0 radical (unpaired) electrons. The predicted molar refractivity (Wildman–Crippen MR) is 55.4 cm³/mol. The van der Waals surface area contributed by atoms with E-state index in [4.69, 9.17) is 0 Å². The van der Waals surface area contributed by atoms with E-state index < -0.39 is 0 Å². The molecule has 3 nitrogen and oxygen atoms in total. The van der Waals surface area contributed by atoms with Crippen molar-refractivity contribution in [2.75, 3.05) is 18.0 Å². The molecule has 0 aliphatic carbocycles. The second kappa shape index (κ2) is 4.23. The number of hydrogen-bond donors (Lipinski definition) is 1. The summed E-state index contributed by atoms with van der Waals surface area (Å²) >= 11 is 0. The minimum atomic E-state index is 0. The fraction of sp³-hybridized carbons (Fsp3) is 0.500. The van der Waals surface area contributed by atoms with Crippen LogP contribution in [0, 0.1) is 6.92 Å². The van der Waals surface area contributed by atoms with Gasteiger partial charge in [0.2, 0.25) is 0 Å². The summed E-state index contributed by atoms with van der Waals surface area (Å²) in [6.45, 7) is 4.40. The van der Waals surface area contributed by atoms with E-state index in [0.717, 1.165) is 11.5 Å². The molecule has 0 unspecified atom stereocenters. The molecule has 1 fully saturated rings. The SMILES string of the molecule is Cc1cccc(N2CCCC2)n1.N. The molecule has 1 aromatic rings. The van der Waals surface area contributed by atoms with Gasteiger partial charge in [-0.2, -0.15) is 0 Å². The van der Waals surface area contributed by atoms with Crippen LogP contribution in [0.1, 0.15) is 18.5 Å². The zero-order valence-corrected chi connectivity index (χ0v) is 8.16. The average Bonchev–Trinajstić information content (AvgIpc) is 2.56. The first-order valence-corrected chi connectivity index (χ1v) is 4.55. The third kappa shape index (κ3) is 2.18. The van der Waals surface area contributed by atoms with E-state index in [1.807, 2.05) is 13.0 Å². The van der Waals surface area contributed by atoms with Crippen molar-refractivity contribution in [2.45, 2.75) is 19.8 Å². The number of hydrogen-bond acceptors (Lipinski definition) is 3. The maximum atomic E-state index is 4.48. The van der Waals surface area contributed by atoms with Gasteiger partial charge in [0, 0.05) is 18.8 Å². The molecule has 1 saturated heterocycles. The number of aryl methyl sites for hydroxylation is 1. The summed E-state index contributed by atoms with van der Waals surface area (Å²) in [5.74, 6) is 1.15. The van der Waals surface area contributed by atoms with Crippen molar-refractivity contribution in [2.24, 2.45) is 0 Å². The number of aromatic nitrogens is 1. The summed E-state index contributed by atoms with van der Waals surface area (Å²) in [4.78, 5) is 6.84. The molecular formula is C10H17N3. The van der Waals surface area contributed by atoms with Crippen LogP contribution >= 0.6 is 0 Å². The number of pyridine rings is 1. The van der Waals surface area contributed by atoms with Crippen LogP contribution in [0.4, 0.5) is 5.82 Å². The summed E-state index contributed by atoms with van der Waals surface area (Å²) < 4.78 is 0. The van der Waals surface area contributed by atoms with Crippen molar-refractivity contribution < 1.29 is 0 Å². The molecule has 0 aromatic carbocycles. The lowest BCUT2D eigenvalue weighted by Gasteiger charge is -2.15. The van der Waals surface area contributed by atoms with Crippen LogP contribution in [0.2, 0.25) is 0 Å². The topological polar surface area (TPSA) is 51.1 Å². The van der Waals surface area contributed by atoms with Gasteiger partial charge >= 0.3 is 0 Å². The quantitative estimate of drug-likeness (QED) is 0.718. The molecule has 0 bridgehead atoms. The average molecular weight is 179 g/mol. The molecule has 1 aromatic heterocycles. The van der Waals surface area contributed by atoms with Gasteiger partial charge in [-0.3, -0.25) is 0 Å². The summed E-state index contributed by atoms with van der Waals surface area (Å²) in [6.07, 6.45) is 2.63. The molecule has 72 valence electrons. The fourth-order valence-electron chi connectivity index (χ4n) is 1.65. The second-order valence-electron chi connectivity index (χ2n) is 3.33. The zero-order chi connectivity index (χ0) is 8.39. The minimum absolute atomic E-state index is 0. The van der Waals surface area contributed by atoms with Gasteiger partial charge in [0.1, 0.15) is 5.82 Å². The third-order valence-corrected chi connectivity index (χ3v) is 2.30. The summed E-state index contributed by atoms with van der Waals surface area (Å²) in [7, 11) is 0. The Morgan fingerprint density at radius 2 is 1.92 bits per heavy atom. The van der Waals surface area contributed by atoms with E-state index in [1.165, 1.54) is 25.9 Å². The van der Waals surface area contributed by atoms with E-state index in [9.17, 15) is 0 Å². The van der Waals surface area contributed by atoms with Crippen molar-refractivity contribution in [1.29, 1.82) is 0 Å². The Labute approximate surface area is 79.4 Å². The molecule has 0 atom stereocenters. The summed E-state index contributed by atoms with van der Waals surface area (Å²) in [5, 5.41) is 0. The van der Waals surface area contributed by atoms with Crippen LogP contribution in [0.25, 0.3) is 0 Å². The second-order valence-corrected chi connectivity index (χ2v) is 3.33. The van der Waals surface area contributed by atoms with Crippen LogP contribution in [0.5, 0.6) is 0 Å². The van der Waals surface area contributed by atoms with Crippen LogP contribution in [0.3, 0.4) is 0 Å². The van der Waals surface area contributed by atoms with Crippen molar-refractivity contribution in [3.8, 4) is 0 Å². The first-order chi connectivity index (χ1) is 5.86. The maximum absolute atomic E-state index is 4.48. The Kier molecular flexibility index (Phi) is 3.25. The van der Waals surface area contributed by atoms with Gasteiger partial charge in [0.15, 0.2) is 0 Å². The lowest BCUT2D eigenvalue weighted by Crippen LogP contribution is -2.18. The van der Waals surface area contributed by atoms with Crippen LogP contribution in [-0.4, -0.2) is 18.1 Å². The molecule has 0 saturated carbocycles. The maximum Gasteiger partial charge on any atom is 0.128 e.